The van der Waals surface area contributed by atoms with E-state index < -0.39 is 27.8 Å². The van der Waals surface area contributed by atoms with Crippen molar-refractivity contribution in [2.75, 3.05) is 66.6 Å². The fourth-order valence-corrected chi connectivity index (χ4v) is 8.99. The highest BCUT2D eigenvalue weighted by Crippen LogP contribution is 2.45. The fourth-order valence-electron chi connectivity index (χ4n) is 7.20. The Balaban J connectivity index is 1.46. The van der Waals surface area contributed by atoms with Crippen LogP contribution in [0.2, 0.25) is 10.0 Å². The summed E-state index contributed by atoms with van der Waals surface area (Å²) in [6.07, 6.45) is 2.56. The van der Waals surface area contributed by atoms with Crippen LogP contribution in [0.4, 0.5) is 0 Å². The summed E-state index contributed by atoms with van der Waals surface area (Å²) in [4.78, 5) is 36.8. The van der Waals surface area contributed by atoms with Crippen LogP contribution in [0.3, 0.4) is 0 Å². The minimum Gasteiger partial charge on any atom is -0.493 e. The third-order valence-electron chi connectivity index (χ3n) is 10.1. The molecule has 0 aromatic heterocycles. The lowest BCUT2D eigenvalue weighted by molar-refractivity contribution is -0.170. The third-order valence-corrected chi connectivity index (χ3v) is 12.5. The molecule has 2 amide bonds. The van der Waals surface area contributed by atoms with Gasteiger partial charge in [0.15, 0.2) is 5.66 Å². The molecule has 0 saturated carbocycles. The van der Waals surface area contributed by atoms with Gasteiger partial charge in [-0.15, -0.1) is 0 Å². The lowest BCUT2D eigenvalue weighted by atomic mass is 9.95. The molecule has 3 heterocycles. The van der Waals surface area contributed by atoms with Crippen molar-refractivity contribution in [2.45, 2.75) is 48.8 Å². The number of hydroxylamine groups is 2. The van der Waals surface area contributed by atoms with E-state index in [4.69, 9.17) is 32.8 Å². The van der Waals surface area contributed by atoms with E-state index in [2.05, 4.69) is 10.6 Å². The zero-order valence-corrected chi connectivity index (χ0v) is 32.0. The lowest BCUT2D eigenvalue weighted by Crippen LogP contribution is -2.62. The average Bonchev–Trinajstić information content (AvgIpc) is 3.57. The Morgan fingerprint density at radius 1 is 0.846 bits per heavy atom. The number of nitrogens with zero attached hydrogens (tertiary/aromatic N) is 4. The van der Waals surface area contributed by atoms with Crippen LogP contribution in [0, 0.1) is 0 Å². The highest BCUT2D eigenvalue weighted by atomic mass is 35.5. The Morgan fingerprint density at radius 2 is 1.40 bits per heavy atom. The number of hydrogen-bond donors (Lipinski definition) is 2. The average molecular weight is 774 g/mol. The Bertz CT molecular complexity index is 1780. The second-order valence-electron chi connectivity index (χ2n) is 13.3. The molecule has 1 unspecified atom stereocenters. The molecule has 3 fully saturated rings. The summed E-state index contributed by atoms with van der Waals surface area (Å²) in [6, 6.07) is 18.7. The Hall–Kier alpha value is -3.27. The first kappa shape index (κ1) is 38.5. The molecule has 3 saturated heterocycles. The minimum absolute atomic E-state index is 0.0900. The highest BCUT2D eigenvalue weighted by molar-refractivity contribution is 7.89. The second kappa shape index (κ2) is 16.4. The first-order valence-electron chi connectivity index (χ1n) is 17.6. The van der Waals surface area contributed by atoms with Gasteiger partial charge in [-0.2, -0.15) is 4.31 Å². The lowest BCUT2D eigenvalue weighted by Gasteiger charge is -2.40. The molecule has 0 spiro atoms. The van der Waals surface area contributed by atoms with E-state index in [-0.39, 0.29) is 23.3 Å². The number of sulfonamides is 1. The van der Waals surface area contributed by atoms with Crippen molar-refractivity contribution in [3.8, 4) is 5.75 Å². The fraction of sp³-hybridized carbons (Fsp3) is 0.459. The SMILES string of the molecule is CCOc1ccc(S(=O)(=O)N2CCCCC2)cc1C1(C(=O)N2CCN(CC(=O)N(C)OC)CC2)N[C@H](c2ccc(Cl)cc2)[C@H](c2ccc(Cl)cc2)N1. The molecule has 3 aromatic carbocycles. The van der Waals surface area contributed by atoms with Crippen molar-refractivity contribution >= 4 is 45.0 Å². The quantitative estimate of drug-likeness (QED) is 0.270. The third kappa shape index (κ3) is 7.97. The Morgan fingerprint density at radius 3 is 1.92 bits per heavy atom. The molecule has 0 bridgehead atoms. The van der Waals surface area contributed by atoms with Crippen LogP contribution in [-0.2, 0) is 30.1 Å². The van der Waals surface area contributed by atoms with Crippen molar-refractivity contribution in [3.63, 3.8) is 0 Å². The molecule has 6 rings (SSSR count). The van der Waals surface area contributed by atoms with Gasteiger partial charge in [-0.1, -0.05) is 53.9 Å². The maximum Gasteiger partial charge on any atom is 0.262 e. The largest absolute Gasteiger partial charge is 0.493 e. The summed E-state index contributed by atoms with van der Waals surface area (Å²) in [5, 5.41) is 9.69. The molecule has 280 valence electrons. The van der Waals surface area contributed by atoms with Crippen molar-refractivity contribution in [1.82, 2.24) is 29.8 Å². The van der Waals surface area contributed by atoms with E-state index in [9.17, 15) is 13.2 Å². The number of nitrogens with one attached hydrogen (secondary N) is 2. The molecule has 0 radical (unpaired) electrons. The van der Waals surface area contributed by atoms with Gasteiger partial charge in [-0.3, -0.25) is 30.0 Å². The van der Waals surface area contributed by atoms with Crippen molar-refractivity contribution in [1.29, 1.82) is 0 Å². The predicted octanol–water partition coefficient (Wildman–Crippen LogP) is 4.56. The summed E-state index contributed by atoms with van der Waals surface area (Å²) in [5.74, 6) is -0.106. The molecular formula is C37H46Cl2N6O6S. The van der Waals surface area contributed by atoms with Gasteiger partial charge in [-0.25, -0.2) is 13.5 Å². The van der Waals surface area contributed by atoms with Crippen LogP contribution in [0.15, 0.2) is 71.6 Å². The van der Waals surface area contributed by atoms with Crippen LogP contribution in [0.25, 0.3) is 0 Å². The van der Waals surface area contributed by atoms with Gasteiger partial charge < -0.3 is 9.64 Å². The van der Waals surface area contributed by atoms with E-state index in [0.29, 0.717) is 67.2 Å². The summed E-state index contributed by atoms with van der Waals surface area (Å²) >= 11 is 12.6. The number of benzene rings is 3. The molecule has 3 aromatic rings. The number of likely N-dealkylation sites (N-methyl/N-ethyl adjacent to an activating group) is 1. The summed E-state index contributed by atoms with van der Waals surface area (Å²) in [7, 11) is -0.876. The summed E-state index contributed by atoms with van der Waals surface area (Å²) in [5.41, 5.74) is 0.465. The molecule has 2 N–H and O–H groups in total. The van der Waals surface area contributed by atoms with Crippen molar-refractivity contribution in [3.05, 3.63) is 93.5 Å². The Kier molecular flexibility index (Phi) is 12.1. The number of piperazine rings is 1. The first-order valence-corrected chi connectivity index (χ1v) is 19.8. The van der Waals surface area contributed by atoms with Gasteiger partial charge in [0.1, 0.15) is 5.75 Å². The first-order chi connectivity index (χ1) is 25.0. The molecule has 15 heteroatoms. The van der Waals surface area contributed by atoms with Gasteiger partial charge in [0, 0.05) is 61.9 Å². The number of hydrogen-bond acceptors (Lipinski definition) is 9. The number of carbonyl (C=O) groups is 2. The number of amides is 2. The van der Waals surface area contributed by atoms with Crippen molar-refractivity contribution < 1.29 is 27.6 Å². The molecule has 3 aliphatic heterocycles. The van der Waals surface area contributed by atoms with E-state index in [1.54, 1.807) is 54.4 Å². The standard InChI is InChI=1S/C37H46Cl2N6O6S/c1-4-51-32-17-16-30(52(48,49)45-18-6-5-7-19-45)24-31(32)37(36(47)44-22-20-43(21-23-44)25-33(46)42(2)50-3)40-34(26-8-12-28(38)13-9-26)35(41-37)27-10-14-29(39)15-11-27/h8-17,24,34-35,40-41H,4-7,18-23,25H2,1-3H3/t34-,35+,37?. The topological polar surface area (TPSA) is 124 Å². The molecule has 52 heavy (non-hydrogen) atoms. The van der Waals surface area contributed by atoms with Crippen LogP contribution < -0.4 is 15.4 Å². The van der Waals surface area contributed by atoms with E-state index in [1.807, 2.05) is 36.1 Å². The van der Waals surface area contributed by atoms with Crippen LogP contribution in [-0.4, -0.2) is 106 Å². The molecule has 3 aliphatic rings. The molecular weight excluding hydrogens is 727 g/mol. The van der Waals surface area contributed by atoms with Crippen molar-refractivity contribution in [2.24, 2.45) is 0 Å². The van der Waals surface area contributed by atoms with Gasteiger partial charge >= 0.3 is 0 Å². The number of halogens is 2. The monoisotopic (exact) mass is 772 g/mol. The van der Waals surface area contributed by atoms with E-state index >= 15 is 4.79 Å². The van der Waals surface area contributed by atoms with Crippen LogP contribution >= 0.6 is 23.2 Å². The Labute approximate surface area is 315 Å². The normalized spacial score (nSPS) is 23.1. The number of rotatable bonds is 11. The zero-order valence-electron chi connectivity index (χ0n) is 29.7. The van der Waals surface area contributed by atoms with Gasteiger partial charge in [0.2, 0.25) is 10.0 Å². The predicted molar refractivity (Wildman–Crippen MR) is 199 cm³/mol. The summed E-state index contributed by atoms with van der Waals surface area (Å²) < 4.78 is 35.9. The van der Waals surface area contributed by atoms with Crippen LogP contribution in [0.1, 0.15) is 55.0 Å². The smallest absolute Gasteiger partial charge is 0.262 e. The second-order valence-corrected chi connectivity index (χ2v) is 16.1. The number of ether oxygens (including phenoxy) is 1. The molecule has 3 atom stereocenters. The van der Waals surface area contributed by atoms with Gasteiger partial charge in [0.05, 0.1) is 37.2 Å². The number of carbonyl (C=O) groups excluding carboxylic acids is 2. The molecule has 0 aliphatic carbocycles. The van der Waals surface area contributed by atoms with E-state index in [0.717, 1.165) is 30.4 Å². The summed E-state index contributed by atoms with van der Waals surface area (Å²) in [6.45, 7) is 4.74. The maximum atomic E-state index is 15.3. The minimum atomic E-state index is -3.88. The van der Waals surface area contributed by atoms with Gasteiger partial charge in [-0.05, 0) is 73.4 Å². The number of piperidine rings is 1. The van der Waals surface area contributed by atoms with Gasteiger partial charge in [0.25, 0.3) is 11.8 Å². The molecule has 12 nitrogen and oxygen atoms in total. The highest BCUT2D eigenvalue weighted by Gasteiger charge is 2.55. The zero-order chi connectivity index (χ0) is 37.0. The maximum absolute atomic E-state index is 15.3. The van der Waals surface area contributed by atoms with E-state index in [1.165, 1.54) is 16.5 Å². The van der Waals surface area contributed by atoms with Crippen LogP contribution in [0.5, 0.6) is 5.75 Å².